The lowest BCUT2D eigenvalue weighted by atomic mass is 10.1. The maximum Gasteiger partial charge on any atom is 0.247 e. The molecule has 0 radical (unpaired) electrons. The van der Waals surface area contributed by atoms with Crippen LogP contribution in [-0.2, 0) is 4.79 Å². The fourth-order valence-corrected chi connectivity index (χ4v) is 2.63. The summed E-state index contributed by atoms with van der Waals surface area (Å²) in [5, 5.41) is 7.18. The van der Waals surface area contributed by atoms with E-state index in [1.165, 1.54) is 17.3 Å². The maximum atomic E-state index is 11.8. The number of amides is 1. The van der Waals surface area contributed by atoms with Crippen molar-refractivity contribution in [2.24, 2.45) is 5.41 Å². The van der Waals surface area contributed by atoms with Gasteiger partial charge < -0.3 is 0 Å². The van der Waals surface area contributed by atoms with E-state index in [1.807, 2.05) is 6.92 Å². The quantitative estimate of drug-likeness (QED) is 0.833. The van der Waals surface area contributed by atoms with E-state index in [-0.39, 0.29) is 9.14 Å². The molecule has 0 saturated heterocycles. The molecule has 1 aliphatic carbocycles. The zero-order valence-electron chi connectivity index (χ0n) is 7.37. The van der Waals surface area contributed by atoms with E-state index in [0.717, 1.165) is 6.42 Å². The first-order valence-electron chi connectivity index (χ1n) is 4.00. The van der Waals surface area contributed by atoms with Crippen molar-refractivity contribution in [3.05, 3.63) is 12.7 Å². The van der Waals surface area contributed by atoms with E-state index >= 15 is 0 Å². The van der Waals surface area contributed by atoms with Crippen LogP contribution in [0.4, 0.5) is 0 Å². The fraction of sp³-hybridized carbons (Fsp3) is 0.571. The molecule has 0 aliphatic heterocycles. The monoisotopic (exact) mass is 322 g/mol. The number of halogens is 2. The third kappa shape index (κ3) is 1.48. The molecule has 76 valence electrons. The van der Waals surface area contributed by atoms with Gasteiger partial charge in [-0.05, 0) is 13.3 Å². The molecule has 1 saturated carbocycles. The van der Waals surface area contributed by atoms with Crippen molar-refractivity contribution in [2.45, 2.75) is 16.6 Å². The summed E-state index contributed by atoms with van der Waals surface area (Å²) in [6, 6.07) is 0. The largest absolute Gasteiger partial charge is 0.273 e. The lowest BCUT2D eigenvalue weighted by molar-refractivity contribution is -0.121. The Labute approximate surface area is 97.5 Å². The summed E-state index contributed by atoms with van der Waals surface area (Å²) in [5.74, 6) is -0.0638. The molecular weight excluding hydrogens is 316 g/mol. The minimum absolute atomic E-state index is 0.0638. The number of nitrogens with one attached hydrogen (secondary N) is 1. The van der Waals surface area contributed by atoms with Crippen LogP contribution in [0.2, 0.25) is 0 Å². The molecule has 7 heteroatoms. The Bertz CT molecular complexity index is 364. The van der Waals surface area contributed by atoms with Gasteiger partial charge in [-0.1, -0.05) is 31.9 Å². The molecule has 1 N–H and O–H groups in total. The number of hydrogen-bond acceptors (Lipinski definition) is 3. The van der Waals surface area contributed by atoms with Crippen LogP contribution in [0.5, 0.6) is 0 Å². The molecular formula is C7H8Br2N4O. The first-order valence-corrected chi connectivity index (χ1v) is 5.58. The van der Waals surface area contributed by atoms with Crippen molar-refractivity contribution in [1.29, 1.82) is 0 Å². The van der Waals surface area contributed by atoms with Crippen molar-refractivity contribution in [3.8, 4) is 0 Å². The predicted octanol–water partition coefficient (Wildman–Crippen LogP) is 1.24. The van der Waals surface area contributed by atoms with Crippen LogP contribution in [0, 0.1) is 5.41 Å². The molecule has 0 unspecified atom stereocenters. The van der Waals surface area contributed by atoms with Crippen LogP contribution in [0.25, 0.3) is 0 Å². The molecule has 1 heterocycles. The fourth-order valence-electron chi connectivity index (χ4n) is 1.15. The Morgan fingerprint density at radius 3 is 2.43 bits per heavy atom. The zero-order chi connectivity index (χ0) is 10.4. The summed E-state index contributed by atoms with van der Waals surface area (Å²) >= 11 is 6.86. The SMILES string of the molecule is C[C@@]1(C(=O)Nn2cnnc2)CC1(Br)Br. The van der Waals surface area contributed by atoms with Crippen LogP contribution in [0.3, 0.4) is 0 Å². The van der Waals surface area contributed by atoms with Crippen molar-refractivity contribution in [2.75, 3.05) is 5.43 Å². The Morgan fingerprint density at radius 2 is 2.00 bits per heavy atom. The van der Waals surface area contributed by atoms with E-state index in [0.29, 0.717) is 0 Å². The molecule has 1 atom stereocenters. The topological polar surface area (TPSA) is 59.8 Å². The molecule has 1 fully saturated rings. The molecule has 1 aromatic heterocycles. The van der Waals surface area contributed by atoms with E-state index in [4.69, 9.17) is 0 Å². The van der Waals surface area contributed by atoms with Crippen LogP contribution in [0.15, 0.2) is 12.7 Å². The van der Waals surface area contributed by atoms with Gasteiger partial charge in [0.15, 0.2) is 0 Å². The highest BCUT2D eigenvalue weighted by atomic mass is 79.9. The Hall–Kier alpha value is -0.430. The van der Waals surface area contributed by atoms with Gasteiger partial charge in [0, 0.05) is 0 Å². The number of rotatable bonds is 2. The highest BCUT2D eigenvalue weighted by molar-refractivity contribution is 9.25. The summed E-state index contributed by atoms with van der Waals surface area (Å²) in [6.07, 6.45) is 3.63. The average Bonchev–Trinajstić information content (AvgIpc) is 2.54. The zero-order valence-corrected chi connectivity index (χ0v) is 10.5. The van der Waals surface area contributed by atoms with Crippen LogP contribution in [-0.4, -0.2) is 24.0 Å². The lowest BCUT2D eigenvalue weighted by Gasteiger charge is -2.12. The normalized spacial score (nSPS) is 28.5. The number of alkyl halides is 2. The van der Waals surface area contributed by atoms with Gasteiger partial charge in [0.25, 0.3) is 0 Å². The molecule has 5 nitrogen and oxygen atoms in total. The summed E-state index contributed by atoms with van der Waals surface area (Å²) < 4.78 is 1.16. The Kier molecular flexibility index (Phi) is 2.19. The first-order chi connectivity index (χ1) is 6.46. The summed E-state index contributed by atoms with van der Waals surface area (Å²) in [4.78, 5) is 11.8. The molecule has 14 heavy (non-hydrogen) atoms. The maximum absolute atomic E-state index is 11.8. The van der Waals surface area contributed by atoms with Crippen LogP contribution < -0.4 is 5.43 Å². The summed E-state index contributed by atoms with van der Waals surface area (Å²) in [5.41, 5.74) is 2.25. The second kappa shape index (κ2) is 3.03. The summed E-state index contributed by atoms with van der Waals surface area (Å²) in [6.45, 7) is 1.89. The summed E-state index contributed by atoms with van der Waals surface area (Å²) in [7, 11) is 0. The van der Waals surface area contributed by atoms with Gasteiger partial charge in [-0.3, -0.25) is 10.2 Å². The van der Waals surface area contributed by atoms with Crippen molar-refractivity contribution < 1.29 is 4.79 Å². The van der Waals surface area contributed by atoms with Crippen molar-refractivity contribution in [1.82, 2.24) is 14.9 Å². The van der Waals surface area contributed by atoms with E-state index in [9.17, 15) is 4.79 Å². The van der Waals surface area contributed by atoms with E-state index in [1.54, 1.807) is 0 Å². The second-order valence-corrected chi connectivity index (χ2v) is 7.30. The number of aromatic nitrogens is 3. The highest BCUT2D eigenvalue weighted by Gasteiger charge is 2.66. The Balaban J connectivity index is 2.05. The molecule has 1 amide bonds. The number of nitrogens with zero attached hydrogens (tertiary/aromatic N) is 3. The van der Waals surface area contributed by atoms with Crippen LogP contribution in [0.1, 0.15) is 13.3 Å². The molecule has 0 bridgehead atoms. The second-order valence-electron chi connectivity index (χ2n) is 3.52. The van der Waals surface area contributed by atoms with Gasteiger partial charge >= 0.3 is 0 Å². The van der Waals surface area contributed by atoms with Gasteiger partial charge in [-0.25, -0.2) is 4.68 Å². The predicted molar refractivity (Wildman–Crippen MR) is 57.7 cm³/mol. The standard InChI is InChI=1S/C7H8Br2N4O/c1-6(2-7(6,8)9)5(14)12-13-3-10-11-4-13/h3-4H,2H2,1H3,(H,12,14)/t6-/m0/s1. The van der Waals surface area contributed by atoms with Gasteiger partial charge in [0.1, 0.15) is 12.7 Å². The molecule has 1 aliphatic rings. The molecule has 1 aromatic rings. The number of carbonyl (C=O) groups excluding carboxylic acids is 1. The molecule has 2 rings (SSSR count). The third-order valence-electron chi connectivity index (χ3n) is 2.41. The third-order valence-corrected chi connectivity index (χ3v) is 4.72. The van der Waals surface area contributed by atoms with E-state index < -0.39 is 5.41 Å². The lowest BCUT2D eigenvalue weighted by Crippen LogP contribution is -2.31. The average molecular weight is 324 g/mol. The van der Waals surface area contributed by atoms with Gasteiger partial charge in [-0.15, -0.1) is 10.2 Å². The highest BCUT2D eigenvalue weighted by Crippen LogP contribution is 2.66. The molecule has 0 aromatic carbocycles. The Morgan fingerprint density at radius 1 is 1.50 bits per heavy atom. The molecule has 0 spiro atoms. The smallest absolute Gasteiger partial charge is 0.247 e. The number of carbonyl (C=O) groups is 1. The first kappa shape index (κ1) is 10.1. The van der Waals surface area contributed by atoms with Gasteiger partial charge in [-0.2, -0.15) is 0 Å². The van der Waals surface area contributed by atoms with Crippen molar-refractivity contribution in [3.63, 3.8) is 0 Å². The minimum Gasteiger partial charge on any atom is -0.273 e. The van der Waals surface area contributed by atoms with Gasteiger partial charge in [0.05, 0.1) is 8.65 Å². The minimum atomic E-state index is -0.419. The van der Waals surface area contributed by atoms with Gasteiger partial charge in [0.2, 0.25) is 5.91 Å². The van der Waals surface area contributed by atoms with Crippen molar-refractivity contribution >= 4 is 37.8 Å². The number of hydrogen-bond donors (Lipinski definition) is 1. The van der Waals surface area contributed by atoms with Crippen LogP contribution >= 0.6 is 31.9 Å². The van der Waals surface area contributed by atoms with E-state index in [2.05, 4.69) is 47.5 Å².